The largest absolute Gasteiger partial charge is 0.368 e. The van der Waals surface area contributed by atoms with E-state index >= 15 is 0 Å². The first kappa shape index (κ1) is 17.9. The van der Waals surface area contributed by atoms with Gasteiger partial charge in [0.15, 0.2) is 0 Å². The van der Waals surface area contributed by atoms with Gasteiger partial charge in [0, 0.05) is 31.9 Å². The lowest BCUT2D eigenvalue weighted by Gasteiger charge is -2.16. The second-order valence-electron chi connectivity index (χ2n) is 6.94. The van der Waals surface area contributed by atoms with Crippen molar-refractivity contribution in [2.24, 2.45) is 0 Å². The first-order valence-corrected chi connectivity index (χ1v) is 9.18. The Morgan fingerprint density at radius 2 is 1.82 bits per heavy atom. The molecule has 4 rings (SSSR count). The minimum atomic E-state index is -0.158. The molecule has 7 heteroatoms. The maximum Gasteiger partial charge on any atom is 0.273 e. The SMILES string of the molecule is CC(=O)NCCc1ccc2nc(N)nc(C(=O)N3Cc4ccccc4C3)c2c1. The third-order valence-electron chi connectivity index (χ3n) is 4.90. The molecule has 0 aliphatic carbocycles. The van der Waals surface area contributed by atoms with Crippen LogP contribution in [-0.2, 0) is 24.3 Å². The van der Waals surface area contributed by atoms with Gasteiger partial charge in [-0.1, -0.05) is 30.3 Å². The van der Waals surface area contributed by atoms with Crippen LogP contribution in [0.2, 0.25) is 0 Å². The highest BCUT2D eigenvalue weighted by molar-refractivity contribution is 6.05. The summed E-state index contributed by atoms with van der Waals surface area (Å²) in [6.45, 7) is 3.13. The van der Waals surface area contributed by atoms with E-state index in [1.165, 1.54) is 6.92 Å². The second kappa shape index (κ2) is 7.26. The van der Waals surface area contributed by atoms with E-state index in [2.05, 4.69) is 15.3 Å². The number of rotatable bonds is 4. The molecule has 1 aliphatic heterocycles. The number of nitrogens with zero attached hydrogens (tertiary/aromatic N) is 3. The molecule has 3 N–H and O–H groups in total. The van der Waals surface area contributed by atoms with Gasteiger partial charge in [0.05, 0.1) is 5.52 Å². The number of nitrogens with one attached hydrogen (secondary N) is 1. The van der Waals surface area contributed by atoms with Gasteiger partial charge < -0.3 is 16.0 Å². The average Bonchev–Trinajstić information content (AvgIpc) is 3.11. The number of fused-ring (bicyclic) bond motifs is 2. The topological polar surface area (TPSA) is 101 Å². The van der Waals surface area contributed by atoms with Gasteiger partial charge in [-0.2, -0.15) is 0 Å². The van der Waals surface area contributed by atoms with Crippen molar-refractivity contribution in [3.05, 3.63) is 64.8 Å². The first-order valence-electron chi connectivity index (χ1n) is 9.18. The molecule has 1 aliphatic rings. The number of hydrogen-bond donors (Lipinski definition) is 2. The molecule has 1 aromatic heterocycles. The van der Waals surface area contributed by atoms with Crippen LogP contribution in [0, 0.1) is 0 Å². The lowest BCUT2D eigenvalue weighted by Crippen LogP contribution is -2.27. The van der Waals surface area contributed by atoms with Gasteiger partial charge in [-0.05, 0) is 35.2 Å². The molecule has 2 heterocycles. The Morgan fingerprint density at radius 3 is 2.50 bits per heavy atom. The van der Waals surface area contributed by atoms with Crippen molar-refractivity contribution in [1.29, 1.82) is 0 Å². The molecule has 0 fully saturated rings. The first-order chi connectivity index (χ1) is 13.5. The van der Waals surface area contributed by atoms with Gasteiger partial charge in [-0.15, -0.1) is 0 Å². The standard InChI is InChI=1S/C21H21N5O2/c1-13(27)23-9-8-14-6-7-18-17(10-14)19(25-21(22)24-18)20(28)26-11-15-4-2-3-5-16(15)12-26/h2-7,10H,8-9,11-12H2,1H3,(H,23,27)(H2,22,24,25). The molecule has 0 atom stereocenters. The molecular weight excluding hydrogens is 354 g/mol. The number of nitrogens with two attached hydrogens (primary N) is 1. The number of benzene rings is 2. The zero-order chi connectivity index (χ0) is 19.7. The highest BCUT2D eigenvalue weighted by Gasteiger charge is 2.26. The summed E-state index contributed by atoms with van der Waals surface area (Å²) in [6.07, 6.45) is 0.655. The van der Waals surface area contributed by atoms with E-state index in [0.717, 1.165) is 16.7 Å². The molecule has 0 unspecified atom stereocenters. The molecule has 7 nitrogen and oxygen atoms in total. The number of nitrogen functional groups attached to an aromatic ring is 1. The molecule has 0 saturated carbocycles. The van der Waals surface area contributed by atoms with Crippen LogP contribution in [0.15, 0.2) is 42.5 Å². The molecule has 3 aromatic rings. The van der Waals surface area contributed by atoms with E-state index in [0.29, 0.717) is 42.7 Å². The van der Waals surface area contributed by atoms with Crippen LogP contribution in [0.4, 0.5) is 5.95 Å². The van der Waals surface area contributed by atoms with Gasteiger partial charge in [0.1, 0.15) is 5.69 Å². The maximum absolute atomic E-state index is 13.2. The predicted octanol–water partition coefficient (Wildman–Crippen LogP) is 2.05. The van der Waals surface area contributed by atoms with Gasteiger partial charge in [-0.25, -0.2) is 9.97 Å². The van der Waals surface area contributed by atoms with E-state index < -0.39 is 0 Å². The molecule has 0 bridgehead atoms. The third kappa shape index (κ3) is 3.51. The van der Waals surface area contributed by atoms with Crippen LogP contribution >= 0.6 is 0 Å². The molecule has 2 aromatic carbocycles. The Hall–Kier alpha value is -3.48. The number of carbonyl (C=O) groups excluding carboxylic acids is 2. The Labute approximate surface area is 162 Å². The summed E-state index contributed by atoms with van der Waals surface area (Å²) in [5.41, 5.74) is 10.1. The van der Waals surface area contributed by atoms with E-state index in [-0.39, 0.29) is 17.8 Å². The highest BCUT2D eigenvalue weighted by atomic mass is 16.2. The van der Waals surface area contributed by atoms with Crippen molar-refractivity contribution in [2.75, 3.05) is 12.3 Å². The third-order valence-corrected chi connectivity index (χ3v) is 4.90. The Bertz CT molecular complexity index is 1050. The van der Waals surface area contributed by atoms with E-state index in [1.54, 1.807) is 4.90 Å². The van der Waals surface area contributed by atoms with Crippen molar-refractivity contribution >= 4 is 28.7 Å². The van der Waals surface area contributed by atoms with E-state index in [1.807, 2.05) is 42.5 Å². The highest BCUT2D eigenvalue weighted by Crippen LogP contribution is 2.26. The van der Waals surface area contributed by atoms with Crippen molar-refractivity contribution in [1.82, 2.24) is 20.2 Å². The summed E-state index contributed by atoms with van der Waals surface area (Å²) in [4.78, 5) is 34.6. The normalized spacial score (nSPS) is 12.8. The number of aromatic nitrogens is 2. The molecule has 0 spiro atoms. The van der Waals surface area contributed by atoms with Crippen molar-refractivity contribution < 1.29 is 9.59 Å². The Balaban J connectivity index is 1.65. The van der Waals surface area contributed by atoms with Crippen molar-refractivity contribution in [3.63, 3.8) is 0 Å². The number of amides is 2. The Kier molecular flexibility index (Phi) is 4.65. The smallest absolute Gasteiger partial charge is 0.273 e. The quantitative estimate of drug-likeness (QED) is 0.727. The summed E-state index contributed by atoms with van der Waals surface area (Å²) in [5.74, 6) is -0.144. The van der Waals surface area contributed by atoms with Gasteiger partial charge in [-0.3, -0.25) is 9.59 Å². The van der Waals surface area contributed by atoms with Gasteiger partial charge in [0.25, 0.3) is 5.91 Å². The number of carbonyl (C=O) groups is 2. The fourth-order valence-corrected chi connectivity index (χ4v) is 3.52. The molecule has 2 amide bonds. The molecular formula is C21H21N5O2. The van der Waals surface area contributed by atoms with Crippen LogP contribution in [0.1, 0.15) is 34.1 Å². The molecule has 0 radical (unpaired) electrons. The monoisotopic (exact) mass is 375 g/mol. The summed E-state index contributed by atoms with van der Waals surface area (Å²) in [6, 6.07) is 13.7. The minimum absolute atomic E-state index is 0.0682. The van der Waals surface area contributed by atoms with Gasteiger partial charge >= 0.3 is 0 Å². The Morgan fingerprint density at radius 1 is 1.11 bits per heavy atom. The van der Waals surface area contributed by atoms with Crippen LogP contribution in [0.5, 0.6) is 0 Å². The summed E-state index contributed by atoms with van der Waals surface area (Å²) in [5, 5.41) is 3.45. The van der Waals surface area contributed by atoms with Crippen LogP contribution in [0.3, 0.4) is 0 Å². The lowest BCUT2D eigenvalue weighted by molar-refractivity contribution is -0.118. The predicted molar refractivity (Wildman–Crippen MR) is 106 cm³/mol. The lowest BCUT2D eigenvalue weighted by atomic mass is 10.1. The average molecular weight is 375 g/mol. The van der Waals surface area contributed by atoms with Crippen LogP contribution < -0.4 is 11.1 Å². The minimum Gasteiger partial charge on any atom is -0.368 e. The zero-order valence-electron chi connectivity index (χ0n) is 15.6. The fraction of sp³-hybridized carbons (Fsp3) is 0.238. The summed E-state index contributed by atoms with van der Waals surface area (Å²) >= 11 is 0. The molecule has 142 valence electrons. The van der Waals surface area contributed by atoms with E-state index in [9.17, 15) is 9.59 Å². The number of anilines is 1. The molecule has 0 saturated heterocycles. The molecule has 28 heavy (non-hydrogen) atoms. The summed E-state index contributed by atoms with van der Waals surface area (Å²) < 4.78 is 0. The number of hydrogen-bond acceptors (Lipinski definition) is 5. The second-order valence-corrected chi connectivity index (χ2v) is 6.94. The maximum atomic E-state index is 13.2. The zero-order valence-corrected chi connectivity index (χ0v) is 15.6. The van der Waals surface area contributed by atoms with Crippen molar-refractivity contribution in [3.8, 4) is 0 Å². The fourth-order valence-electron chi connectivity index (χ4n) is 3.52. The van der Waals surface area contributed by atoms with Gasteiger partial charge in [0.2, 0.25) is 11.9 Å². The van der Waals surface area contributed by atoms with Crippen LogP contribution in [-0.4, -0.2) is 33.2 Å². The van der Waals surface area contributed by atoms with E-state index in [4.69, 9.17) is 5.73 Å². The van der Waals surface area contributed by atoms with Crippen molar-refractivity contribution in [2.45, 2.75) is 26.4 Å². The van der Waals surface area contributed by atoms with Crippen LogP contribution in [0.25, 0.3) is 10.9 Å². The summed E-state index contributed by atoms with van der Waals surface area (Å²) in [7, 11) is 0.